The van der Waals surface area contributed by atoms with Crippen LogP contribution in [0, 0.1) is 0 Å². The first kappa shape index (κ1) is 20.3. The normalized spacial score (nSPS) is 17.9. The summed E-state index contributed by atoms with van der Waals surface area (Å²) in [4.78, 5) is 27.7. The highest BCUT2D eigenvalue weighted by molar-refractivity contribution is 6.02. The van der Waals surface area contributed by atoms with Crippen LogP contribution in [0.5, 0.6) is 11.5 Å². The molecule has 7 nitrogen and oxygen atoms in total. The number of rotatable bonds is 5. The van der Waals surface area contributed by atoms with Gasteiger partial charge < -0.3 is 24.9 Å². The predicted octanol–water partition coefficient (Wildman–Crippen LogP) is 4.52. The fraction of sp³-hybridized carbons (Fsp3) is 0.304. The molecule has 0 saturated heterocycles. The second kappa shape index (κ2) is 6.44. The highest BCUT2D eigenvalue weighted by atomic mass is 19.3. The number of nitrogens with one attached hydrogen (secondary N) is 2. The first-order valence-corrected chi connectivity index (χ1v) is 10.1. The lowest BCUT2D eigenvalue weighted by atomic mass is 9.90. The van der Waals surface area contributed by atoms with Crippen molar-refractivity contribution in [3.8, 4) is 11.5 Å². The molecule has 5 rings (SSSR count). The molecular formula is C23H20F2N2O5. The fourth-order valence-electron chi connectivity index (χ4n) is 3.93. The summed E-state index contributed by atoms with van der Waals surface area (Å²) in [7, 11) is 0. The Hall–Kier alpha value is -3.62. The van der Waals surface area contributed by atoms with Crippen molar-refractivity contribution in [2.45, 2.75) is 43.8 Å². The number of hydrogen-bond donors (Lipinski definition) is 3. The number of aromatic nitrogens is 1. The number of aromatic amines is 1. The molecule has 1 aliphatic heterocycles. The summed E-state index contributed by atoms with van der Waals surface area (Å²) < 4.78 is 35.6. The number of aliphatic carboxylic acids is 1. The SMILES string of the molecule is CC(C)(C(=O)O)c1cc2cc(NC(=O)C3(c4ccc5c(c4)OC(F)(F)O5)CC3)ccc2[nH]1. The van der Waals surface area contributed by atoms with E-state index in [1.807, 2.05) is 0 Å². The van der Waals surface area contributed by atoms with Crippen molar-refractivity contribution in [3.05, 3.63) is 53.7 Å². The molecule has 2 heterocycles. The average Bonchev–Trinajstić information content (AvgIpc) is 3.31. The molecule has 2 aliphatic rings. The molecule has 0 radical (unpaired) electrons. The Bertz CT molecular complexity index is 1280. The summed E-state index contributed by atoms with van der Waals surface area (Å²) in [6, 6.07) is 11.4. The van der Waals surface area contributed by atoms with Crippen LogP contribution in [-0.2, 0) is 20.4 Å². The number of H-pyrrole nitrogens is 1. The third-order valence-electron chi connectivity index (χ3n) is 6.23. The summed E-state index contributed by atoms with van der Waals surface area (Å²) >= 11 is 0. The van der Waals surface area contributed by atoms with Crippen LogP contribution in [-0.4, -0.2) is 28.3 Å². The number of alkyl halides is 2. The maximum atomic E-state index is 13.3. The number of amides is 1. The minimum atomic E-state index is -3.71. The first-order valence-electron chi connectivity index (χ1n) is 10.1. The number of carbonyl (C=O) groups excluding carboxylic acids is 1. The summed E-state index contributed by atoms with van der Waals surface area (Å²) in [6.45, 7) is 3.22. The van der Waals surface area contributed by atoms with Gasteiger partial charge in [-0.05, 0) is 68.7 Å². The molecule has 3 aromatic rings. The standard InChI is InChI=1S/C23H20F2N2O5/c1-21(2,20(29)30)18-10-12-9-14(4-5-15(12)27-18)26-19(28)22(7-8-22)13-3-6-16-17(11-13)32-23(24,25)31-16/h3-6,9-11,27H,7-8H2,1-2H3,(H,26,28)(H,29,30). The van der Waals surface area contributed by atoms with Gasteiger partial charge in [0.25, 0.3) is 0 Å². The van der Waals surface area contributed by atoms with Crippen LogP contribution in [0.4, 0.5) is 14.5 Å². The lowest BCUT2D eigenvalue weighted by Gasteiger charge is -2.16. The molecule has 0 unspecified atom stereocenters. The largest absolute Gasteiger partial charge is 0.586 e. The summed E-state index contributed by atoms with van der Waals surface area (Å²) in [5, 5.41) is 13.1. The van der Waals surface area contributed by atoms with Gasteiger partial charge >= 0.3 is 12.3 Å². The van der Waals surface area contributed by atoms with Gasteiger partial charge in [-0.25, -0.2) is 0 Å². The van der Waals surface area contributed by atoms with Gasteiger partial charge in [-0.3, -0.25) is 9.59 Å². The van der Waals surface area contributed by atoms with Gasteiger partial charge in [0.05, 0.1) is 5.41 Å². The molecule has 0 atom stereocenters. The molecule has 32 heavy (non-hydrogen) atoms. The van der Waals surface area contributed by atoms with E-state index in [2.05, 4.69) is 19.8 Å². The van der Waals surface area contributed by atoms with Gasteiger partial charge in [0.15, 0.2) is 11.5 Å². The molecule has 1 saturated carbocycles. The third-order valence-corrected chi connectivity index (χ3v) is 6.23. The number of carboxylic acid groups (broad SMARTS) is 1. The number of ether oxygens (including phenoxy) is 2. The Labute approximate surface area is 181 Å². The molecule has 1 aliphatic carbocycles. The van der Waals surface area contributed by atoms with E-state index in [1.54, 1.807) is 44.2 Å². The minimum Gasteiger partial charge on any atom is -0.481 e. The van der Waals surface area contributed by atoms with E-state index < -0.39 is 23.1 Å². The van der Waals surface area contributed by atoms with Gasteiger partial charge in [-0.15, -0.1) is 8.78 Å². The van der Waals surface area contributed by atoms with E-state index in [-0.39, 0.29) is 17.4 Å². The number of benzene rings is 2. The van der Waals surface area contributed by atoms with E-state index in [0.717, 1.165) is 10.9 Å². The van der Waals surface area contributed by atoms with E-state index in [1.165, 1.54) is 12.1 Å². The number of anilines is 1. The number of carboxylic acids is 1. The zero-order valence-corrected chi connectivity index (χ0v) is 17.3. The smallest absolute Gasteiger partial charge is 0.481 e. The topological polar surface area (TPSA) is 101 Å². The van der Waals surface area contributed by atoms with Crippen molar-refractivity contribution < 1.29 is 33.0 Å². The number of carbonyl (C=O) groups is 2. The number of fused-ring (bicyclic) bond motifs is 2. The maximum absolute atomic E-state index is 13.3. The van der Waals surface area contributed by atoms with Crippen LogP contribution in [0.1, 0.15) is 37.9 Å². The minimum absolute atomic E-state index is 0.0621. The lowest BCUT2D eigenvalue weighted by Crippen LogP contribution is -2.28. The van der Waals surface area contributed by atoms with Crippen LogP contribution in [0.15, 0.2) is 42.5 Å². The average molecular weight is 442 g/mol. The molecule has 0 spiro atoms. The lowest BCUT2D eigenvalue weighted by molar-refractivity contribution is -0.286. The highest BCUT2D eigenvalue weighted by Crippen LogP contribution is 2.52. The number of halogens is 2. The predicted molar refractivity (Wildman–Crippen MR) is 111 cm³/mol. The van der Waals surface area contributed by atoms with Crippen LogP contribution in [0.2, 0.25) is 0 Å². The monoisotopic (exact) mass is 442 g/mol. The van der Waals surface area contributed by atoms with Gasteiger partial charge in [-0.1, -0.05) is 6.07 Å². The van der Waals surface area contributed by atoms with Gasteiger partial charge in [0.1, 0.15) is 5.41 Å². The van der Waals surface area contributed by atoms with Gasteiger partial charge in [0.2, 0.25) is 5.91 Å². The Balaban J connectivity index is 1.39. The van der Waals surface area contributed by atoms with Crippen molar-refractivity contribution >= 4 is 28.5 Å². The van der Waals surface area contributed by atoms with Crippen molar-refractivity contribution in [2.75, 3.05) is 5.32 Å². The second-order valence-corrected chi connectivity index (χ2v) is 8.78. The molecule has 2 aromatic carbocycles. The molecular weight excluding hydrogens is 422 g/mol. The highest BCUT2D eigenvalue weighted by Gasteiger charge is 2.52. The molecule has 1 amide bonds. The van der Waals surface area contributed by atoms with E-state index in [4.69, 9.17) is 0 Å². The fourth-order valence-corrected chi connectivity index (χ4v) is 3.93. The van der Waals surface area contributed by atoms with E-state index in [0.29, 0.717) is 29.8 Å². The van der Waals surface area contributed by atoms with Gasteiger partial charge in [0, 0.05) is 22.3 Å². The molecule has 3 N–H and O–H groups in total. The summed E-state index contributed by atoms with van der Waals surface area (Å²) in [6.07, 6.45) is -2.55. The van der Waals surface area contributed by atoms with Crippen molar-refractivity contribution in [1.82, 2.24) is 4.98 Å². The quantitative estimate of drug-likeness (QED) is 0.539. The molecule has 1 aromatic heterocycles. The molecule has 9 heteroatoms. The van der Waals surface area contributed by atoms with Gasteiger partial charge in [-0.2, -0.15) is 0 Å². The van der Waals surface area contributed by atoms with Crippen LogP contribution in [0.25, 0.3) is 10.9 Å². The Kier molecular flexibility index (Phi) is 4.09. The molecule has 166 valence electrons. The molecule has 0 bridgehead atoms. The van der Waals surface area contributed by atoms with Crippen molar-refractivity contribution in [3.63, 3.8) is 0 Å². The Morgan fingerprint density at radius 3 is 2.47 bits per heavy atom. The maximum Gasteiger partial charge on any atom is 0.586 e. The van der Waals surface area contributed by atoms with E-state index >= 15 is 0 Å². The van der Waals surface area contributed by atoms with E-state index in [9.17, 15) is 23.5 Å². The Morgan fingerprint density at radius 1 is 1.06 bits per heavy atom. The van der Waals surface area contributed by atoms with Crippen molar-refractivity contribution in [2.24, 2.45) is 0 Å². The zero-order valence-electron chi connectivity index (χ0n) is 17.3. The molecule has 1 fully saturated rings. The Morgan fingerprint density at radius 2 is 1.78 bits per heavy atom. The number of hydrogen-bond acceptors (Lipinski definition) is 4. The second-order valence-electron chi connectivity index (χ2n) is 8.78. The summed E-state index contributed by atoms with van der Waals surface area (Å²) in [5.74, 6) is -1.35. The van der Waals surface area contributed by atoms with Crippen LogP contribution in [0.3, 0.4) is 0 Å². The first-order chi connectivity index (χ1) is 15.0. The van der Waals surface area contributed by atoms with Crippen LogP contribution < -0.4 is 14.8 Å². The van der Waals surface area contributed by atoms with Crippen molar-refractivity contribution in [1.29, 1.82) is 0 Å². The zero-order chi connectivity index (χ0) is 22.9. The summed E-state index contributed by atoms with van der Waals surface area (Å²) in [5.41, 5.74) is 0.545. The third kappa shape index (κ3) is 3.16. The van der Waals surface area contributed by atoms with Crippen LogP contribution >= 0.6 is 0 Å².